The predicted molar refractivity (Wildman–Crippen MR) is 74.0 cm³/mol. The van der Waals surface area contributed by atoms with Gasteiger partial charge in [-0.25, -0.2) is 0 Å². The summed E-state index contributed by atoms with van der Waals surface area (Å²) in [6, 6.07) is 8.12. The lowest BCUT2D eigenvalue weighted by molar-refractivity contribution is 0.247. The second-order valence-corrected chi connectivity index (χ2v) is 4.96. The maximum atomic E-state index is 5.80. The van der Waals surface area contributed by atoms with Gasteiger partial charge in [0.2, 0.25) is 0 Å². The molecule has 0 aliphatic heterocycles. The van der Waals surface area contributed by atoms with Crippen molar-refractivity contribution >= 4 is 0 Å². The first kappa shape index (κ1) is 13.6. The van der Waals surface area contributed by atoms with Gasteiger partial charge in [0, 0.05) is 12.6 Å². The fraction of sp³-hybridized carbons (Fsp3) is 0.400. The number of nitrogens with zero attached hydrogens (tertiary/aromatic N) is 1. The SMILES string of the molecule is Cc1ccc(C(C)C)cc1OCc1cc(CN)no1. The molecule has 2 N–H and O–H groups in total. The molecule has 0 amide bonds. The van der Waals surface area contributed by atoms with Crippen LogP contribution >= 0.6 is 0 Å². The van der Waals surface area contributed by atoms with Crippen LogP contribution in [0.4, 0.5) is 0 Å². The molecule has 1 aromatic heterocycles. The van der Waals surface area contributed by atoms with E-state index in [0.29, 0.717) is 24.8 Å². The highest BCUT2D eigenvalue weighted by atomic mass is 16.5. The van der Waals surface area contributed by atoms with Crippen LogP contribution in [0.2, 0.25) is 0 Å². The van der Waals surface area contributed by atoms with Crippen LogP contribution in [0.1, 0.15) is 42.3 Å². The summed E-state index contributed by atoms with van der Waals surface area (Å²) >= 11 is 0. The van der Waals surface area contributed by atoms with E-state index < -0.39 is 0 Å². The van der Waals surface area contributed by atoms with Crippen LogP contribution in [0.25, 0.3) is 0 Å². The fourth-order valence-electron chi connectivity index (χ4n) is 1.80. The molecule has 1 heterocycles. The van der Waals surface area contributed by atoms with Gasteiger partial charge in [-0.1, -0.05) is 31.1 Å². The molecule has 0 bridgehead atoms. The first-order chi connectivity index (χ1) is 9.10. The molecule has 0 saturated heterocycles. The highest BCUT2D eigenvalue weighted by Gasteiger charge is 2.07. The number of aryl methyl sites for hydroxylation is 1. The van der Waals surface area contributed by atoms with Crippen LogP contribution in [-0.2, 0) is 13.2 Å². The molecule has 4 nitrogen and oxygen atoms in total. The fourth-order valence-corrected chi connectivity index (χ4v) is 1.80. The van der Waals surface area contributed by atoms with Gasteiger partial charge in [0.15, 0.2) is 5.76 Å². The largest absolute Gasteiger partial charge is 0.485 e. The molecule has 4 heteroatoms. The lowest BCUT2D eigenvalue weighted by Gasteiger charge is -2.11. The molecule has 0 radical (unpaired) electrons. The molecule has 19 heavy (non-hydrogen) atoms. The first-order valence-corrected chi connectivity index (χ1v) is 6.48. The van der Waals surface area contributed by atoms with Crippen LogP contribution in [0, 0.1) is 6.92 Å². The lowest BCUT2D eigenvalue weighted by Crippen LogP contribution is -1.98. The topological polar surface area (TPSA) is 61.3 Å². The second kappa shape index (κ2) is 5.89. The number of hydrogen-bond donors (Lipinski definition) is 1. The molecule has 2 aromatic rings. The summed E-state index contributed by atoms with van der Waals surface area (Å²) < 4.78 is 10.9. The Morgan fingerprint density at radius 2 is 2.11 bits per heavy atom. The normalized spacial score (nSPS) is 11.0. The molecular weight excluding hydrogens is 240 g/mol. The molecule has 0 unspecified atom stereocenters. The average molecular weight is 260 g/mol. The summed E-state index contributed by atoms with van der Waals surface area (Å²) in [7, 11) is 0. The van der Waals surface area contributed by atoms with Crippen LogP contribution in [0.3, 0.4) is 0 Å². The summed E-state index contributed by atoms with van der Waals surface area (Å²) in [6.07, 6.45) is 0. The highest BCUT2D eigenvalue weighted by molar-refractivity contribution is 5.37. The molecule has 0 aliphatic carbocycles. The maximum absolute atomic E-state index is 5.80. The highest BCUT2D eigenvalue weighted by Crippen LogP contribution is 2.25. The van der Waals surface area contributed by atoms with Gasteiger partial charge in [0.05, 0.1) is 5.69 Å². The minimum atomic E-state index is 0.370. The van der Waals surface area contributed by atoms with Crippen molar-refractivity contribution in [2.24, 2.45) is 5.73 Å². The third-order valence-electron chi connectivity index (χ3n) is 3.07. The van der Waals surface area contributed by atoms with Crippen molar-refractivity contribution in [3.05, 3.63) is 46.8 Å². The third kappa shape index (κ3) is 3.35. The van der Waals surface area contributed by atoms with Gasteiger partial charge in [0.25, 0.3) is 0 Å². The van der Waals surface area contributed by atoms with E-state index in [1.54, 1.807) is 0 Å². The quantitative estimate of drug-likeness (QED) is 0.897. The summed E-state index contributed by atoms with van der Waals surface area (Å²) in [4.78, 5) is 0. The Morgan fingerprint density at radius 1 is 1.32 bits per heavy atom. The molecular formula is C15H20N2O2. The first-order valence-electron chi connectivity index (χ1n) is 6.48. The molecule has 0 spiro atoms. The molecule has 0 atom stereocenters. The van der Waals surface area contributed by atoms with Crippen molar-refractivity contribution in [2.45, 2.75) is 39.8 Å². The number of hydrogen-bond acceptors (Lipinski definition) is 4. The molecule has 0 aliphatic rings. The Labute approximate surface area is 113 Å². The molecule has 0 saturated carbocycles. The standard InChI is InChI=1S/C15H20N2O2/c1-10(2)12-5-4-11(3)15(6-12)18-9-14-7-13(8-16)17-19-14/h4-7,10H,8-9,16H2,1-3H3. The molecule has 102 valence electrons. The molecule has 2 rings (SSSR count). The van der Waals surface area contributed by atoms with Crippen molar-refractivity contribution in [1.82, 2.24) is 5.16 Å². The van der Waals surface area contributed by atoms with Gasteiger partial charge in [-0.15, -0.1) is 0 Å². The molecule has 1 aromatic carbocycles. The van der Waals surface area contributed by atoms with Gasteiger partial charge >= 0.3 is 0 Å². The summed E-state index contributed by atoms with van der Waals surface area (Å²) in [5.74, 6) is 2.06. The number of rotatable bonds is 5. The van der Waals surface area contributed by atoms with Crippen LogP contribution in [-0.4, -0.2) is 5.16 Å². The van der Waals surface area contributed by atoms with Crippen LogP contribution < -0.4 is 10.5 Å². The molecule has 0 fully saturated rings. The van der Waals surface area contributed by atoms with E-state index in [9.17, 15) is 0 Å². The number of nitrogens with two attached hydrogens (primary N) is 1. The lowest BCUT2D eigenvalue weighted by atomic mass is 10.0. The Hall–Kier alpha value is -1.81. The number of benzene rings is 1. The van der Waals surface area contributed by atoms with Gasteiger partial charge in [-0.2, -0.15) is 0 Å². The Bertz CT molecular complexity index is 547. The van der Waals surface area contributed by atoms with E-state index in [4.69, 9.17) is 15.0 Å². The van der Waals surface area contributed by atoms with E-state index in [1.807, 2.05) is 13.0 Å². The zero-order valence-electron chi connectivity index (χ0n) is 11.6. The van der Waals surface area contributed by atoms with E-state index >= 15 is 0 Å². The monoisotopic (exact) mass is 260 g/mol. The van der Waals surface area contributed by atoms with Crippen molar-refractivity contribution in [2.75, 3.05) is 0 Å². The van der Waals surface area contributed by atoms with Gasteiger partial charge in [0.1, 0.15) is 12.4 Å². The number of ether oxygens (including phenoxy) is 1. The van der Waals surface area contributed by atoms with Crippen LogP contribution in [0.15, 0.2) is 28.8 Å². The number of aromatic nitrogens is 1. The van der Waals surface area contributed by atoms with E-state index in [0.717, 1.165) is 17.0 Å². The van der Waals surface area contributed by atoms with Gasteiger partial charge in [-0.3, -0.25) is 0 Å². The summed E-state index contributed by atoms with van der Waals surface area (Å²) in [6.45, 7) is 7.11. The van der Waals surface area contributed by atoms with Crippen molar-refractivity contribution < 1.29 is 9.26 Å². The summed E-state index contributed by atoms with van der Waals surface area (Å²) in [5.41, 5.74) is 8.60. The third-order valence-corrected chi connectivity index (χ3v) is 3.07. The Kier molecular flexibility index (Phi) is 4.22. The van der Waals surface area contributed by atoms with Crippen molar-refractivity contribution in [1.29, 1.82) is 0 Å². The Balaban J connectivity index is 2.08. The summed E-state index contributed by atoms with van der Waals surface area (Å²) in [5, 5.41) is 3.84. The smallest absolute Gasteiger partial charge is 0.174 e. The minimum Gasteiger partial charge on any atom is -0.485 e. The van der Waals surface area contributed by atoms with E-state index in [1.165, 1.54) is 5.56 Å². The minimum absolute atomic E-state index is 0.370. The van der Waals surface area contributed by atoms with Gasteiger partial charge < -0.3 is 15.0 Å². The van der Waals surface area contributed by atoms with E-state index in [-0.39, 0.29) is 0 Å². The van der Waals surface area contributed by atoms with Crippen molar-refractivity contribution in [3.8, 4) is 5.75 Å². The van der Waals surface area contributed by atoms with Crippen molar-refractivity contribution in [3.63, 3.8) is 0 Å². The zero-order chi connectivity index (χ0) is 13.8. The van der Waals surface area contributed by atoms with E-state index in [2.05, 4.69) is 37.2 Å². The second-order valence-electron chi connectivity index (χ2n) is 4.96. The van der Waals surface area contributed by atoms with Gasteiger partial charge in [-0.05, 0) is 30.0 Å². The van der Waals surface area contributed by atoms with Crippen LogP contribution in [0.5, 0.6) is 5.75 Å². The maximum Gasteiger partial charge on any atom is 0.174 e. The Morgan fingerprint density at radius 3 is 2.74 bits per heavy atom. The predicted octanol–water partition coefficient (Wildman–Crippen LogP) is 3.14. The average Bonchev–Trinajstić information content (AvgIpc) is 2.85. The zero-order valence-corrected chi connectivity index (χ0v) is 11.6.